The van der Waals surface area contributed by atoms with Gasteiger partial charge in [0, 0.05) is 34.6 Å². The normalized spacial score (nSPS) is 12.0. The van der Waals surface area contributed by atoms with Crippen molar-refractivity contribution in [1.82, 2.24) is 19.7 Å². The smallest absolute Gasteiger partial charge is 0.230 e. The van der Waals surface area contributed by atoms with Crippen LogP contribution in [0.5, 0.6) is 0 Å². The van der Waals surface area contributed by atoms with Gasteiger partial charge in [-0.05, 0) is 31.6 Å². The van der Waals surface area contributed by atoms with E-state index in [1.165, 1.54) is 0 Å². The Morgan fingerprint density at radius 3 is 2.61 bits per heavy atom. The second kappa shape index (κ2) is 8.09. The van der Waals surface area contributed by atoms with Gasteiger partial charge < -0.3 is 4.90 Å². The summed E-state index contributed by atoms with van der Waals surface area (Å²) in [5.74, 6) is 0.164. The number of anilines is 1. The molecule has 0 atom stereocenters. The van der Waals surface area contributed by atoms with Gasteiger partial charge in [0.25, 0.3) is 0 Å². The number of aromatic nitrogens is 3. The van der Waals surface area contributed by atoms with Gasteiger partial charge in [0.05, 0.1) is 24.5 Å². The highest BCUT2D eigenvalue weighted by atomic mass is 32.2. The standard InChI is InChI=1S/C22H23N5O3S/c1-26(2)10-11-27-14-16(13-23-27)18-12-19-20(24-22(18)25-31(3,29)30)9-8-15-6-4-5-7-17(15)21(19)28/h4-9,12-14H,10-11H2,1-3H3,(H,24,25). The number of sulfonamides is 1. The number of nitrogens with zero attached hydrogens (tertiary/aromatic N) is 4. The summed E-state index contributed by atoms with van der Waals surface area (Å²) in [4.78, 5) is 19.8. The summed E-state index contributed by atoms with van der Waals surface area (Å²) < 4.78 is 28.2. The molecule has 8 nitrogen and oxygen atoms in total. The summed E-state index contributed by atoms with van der Waals surface area (Å²) in [6.45, 7) is 1.48. The third-order valence-electron chi connectivity index (χ3n) is 4.93. The molecule has 2 aromatic carbocycles. The molecule has 0 unspecified atom stereocenters. The van der Waals surface area contributed by atoms with Crippen molar-refractivity contribution in [2.24, 2.45) is 0 Å². The van der Waals surface area contributed by atoms with E-state index in [2.05, 4.69) is 14.8 Å². The van der Waals surface area contributed by atoms with Crippen LogP contribution in [0.4, 0.5) is 5.82 Å². The fraction of sp³-hybridized carbons (Fsp3) is 0.227. The van der Waals surface area contributed by atoms with Gasteiger partial charge >= 0.3 is 0 Å². The largest absolute Gasteiger partial charge is 0.308 e. The van der Waals surface area contributed by atoms with Crippen LogP contribution in [-0.2, 0) is 16.6 Å². The molecule has 1 N–H and O–H groups in total. The Morgan fingerprint density at radius 1 is 1.10 bits per heavy atom. The lowest BCUT2D eigenvalue weighted by molar-refractivity contribution is 0.373. The van der Waals surface area contributed by atoms with Crippen LogP contribution in [0, 0.1) is 0 Å². The number of benzene rings is 1. The molecule has 0 spiro atoms. The zero-order chi connectivity index (χ0) is 22.2. The van der Waals surface area contributed by atoms with Crippen LogP contribution in [0.3, 0.4) is 0 Å². The van der Waals surface area contributed by atoms with Crippen LogP contribution in [0.2, 0.25) is 0 Å². The van der Waals surface area contributed by atoms with Crippen molar-refractivity contribution in [3.8, 4) is 11.1 Å². The average molecular weight is 438 g/mol. The van der Waals surface area contributed by atoms with Crippen molar-refractivity contribution in [2.75, 3.05) is 31.6 Å². The van der Waals surface area contributed by atoms with Gasteiger partial charge in [-0.3, -0.25) is 14.2 Å². The highest BCUT2D eigenvalue weighted by Crippen LogP contribution is 2.30. The highest BCUT2D eigenvalue weighted by molar-refractivity contribution is 7.92. The molecule has 9 heteroatoms. The zero-order valence-electron chi connectivity index (χ0n) is 17.5. The molecular formula is C22H23N5O3S. The summed E-state index contributed by atoms with van der Waals surface area (Å²) in [5.41, 5.74) is 1.43. The van der Waals surface area contributed by atoms with Gasteiger partial charge in [0.1, 0.15) is 5.82 Å². The van der Waals surface area contributed by atoms with E-state index in [-0.39, 0.29) is 11.2 Å². The van der Waals surface area contributed by atoms with Crippen LogP contribution in [0.1, 0.15) is 0 Å². The Bertz CT molecular complexity index is 1450. The molecule has 4 rings (SSSR count). The van der Waals surface area contributed by atoms with E-state index in [4.69, 9.17) is 0 Å². The number of nitrogens with one attached hydrogen (secondary N) is 1. The molecule has 0 saturated carbocycles. The van der Waals surface area contributed by atoms with Crippen LogP contribution in [0.15, 0.2) is 59.7 Å². The quantitative estimate of drug-likeness (QED) is 0.498. The van der Waals surface area contributed by atoms with Crippen molar-refractivity contribution in [3.63, 3.8) is 0 Å². The molecular weight excluding hydrogens is 414 g/mol. The lowest BCUT2D eigenvalue weighted by Crippen LogP contribution is -2.18. The molecule has 160 valence electrons. The summed E-state index contributed by atoms with van der Waals surface area (Å²) >= 11 is 0. The van der Waals surface area contributed by atoms with Crippen molar-refractivity contribution < 1.29 is 8.42 Å². The van der Waals surface area contributed by atoms with Crippen LogP contribution >= 0.6 is 0 Å². The molecule has 0 saturated heterocycles. The fourth-order valence-corrected chi connectivity index (χ4v) is 3.91. The molecule has 31 heavy (non-hydrogen) atoms. The second-order valence-electron chi connectivity index (χ2n) is 7.74. The Morgan fingerprint density at radius 2 is 1.87 bits per heavy atom. The predicted molar refractivity (Wildman–Crippen MR) is 124 cm³/mol. The van der Waals surface area contributed by atoms with Crippen molar-refractivity contribution in [1.29, 1.82) is 0 Å². The molecule has 0 fully saturated rings. The van der Waals surface area contributed by atoms with Gasteiger partial charge in [-0.2, -0.15) is 5.10 Å². The van der Waals surface area contributed by atoms with E-state index < -0.39 is 10.0 Å². The van der Waals surface area contributed by atoms with E-state index in [1.54, 1.807) is 29.1 Å². The Kier molecular flexibility index (Phi) is 5.47. The Hall–Kier alpha value is -3.30. The maximum atomic E-state index is 13.2. The van der Waals surface area contributed by atoms with Crippen LogP contribution in [0.25, 0.3) is 32.8 Å². The third-order valence-corrected chi connectivity index (χ3v) is 5.49. The maximum absolute atomic E-state index is 13.2. The number of hydrogen-bond donors (Lipinski definition) is 1. The number of pyridine rings is 1. The van der Waals surface area contributed by atoms with Gasteiger partial charge in [-0.1, -0.05) is 30.3 Å². The lowest BCUT2D eigenvalue weighted by Gasteiger charge is -2.10. The first kappa shape index (κ1) is 21.0. The fourth-order valence-electron chi connectivity index (χ4n) is 3.40. The zero-order valence-corrected chi connectivity index (χ0v) is 18.3. The number of likely N-dealkylation sites (N-methyl/N-ethyl adjacent to an activating group) is 1. The minimum atomic E-state index is -3.58. The molecule has 2 aromatic heterocycles. The minimum absolute atomic E-state index is 0.157. The first-order valence-corrected chi connectivity index (χ1v) is 11.6. The molecule has 0 aliphatic rings. The Balaban J connectivity index is 1.95. The maximum Gasteiger partial charge on any atom is 0.230 e. The monoisotopic (exact) mass is 437 g/mol. The first-order chi connectivity index (χ1) is 14.7. The van der Waals surface area contributed by atoms with Gasteiger partial charge in [-0.15, -0.1) is 0 Å². The molecule has 0 bridgehead atoms. The summed E-state index contributed by atoms with van der Waals surface area (Å²) in [5, 5.41) is 6.16. The molecule has 0 radical (unpaired) electrons. The van der Waals surface area contributed by atoms with Gasteiger partial charge in [-0.25, -0.2) is 13.4 Å². The number of rotatable bonds is 6. The SMILES string of the molecule is CN(C)CCn1cc(-c2cc3c(=O)c4ccccc4ccc3nc2NS(C)(=O)=O)cn1. The van der Waals surface area contributed by atoms with Gasteiger partial charge in [0.15, 0.2) is 5.43 Å². The Labute approximate surface area is 180 Å². The number of fused-ring (bicyclic) bond motifs is 2. The molecule has 4 aromatic rings. The summed E-state index contributed by atoms with van der Waals surface area (Å²) in [6.07, 6.45) is 4.55. The van der Waals surface area contributed by atoms with E-state index in [9.17, 15) is 13.2 Å². The van der Waals surface area contributed by atoms with E-state index >= 15 is 0 Å². The van der Waals surface area contributed by atoms with E-state index in [0.29, 0.717) is 34.0 Å². The summed E-state index contributed by atoms with van der Waals surface area (Å²) in [6, 6.07) is 12.6. The first-order valence-electron chi connectivity index (χ1n) is 9.73. The van der Waals surface area contributed by atoms with Crippen LogP contribution in [-0.4, -0.2) is 55.0 Å². The average Bonchev–Trinajstić information content (AvgIpc) is 3.13. The topological polar surface area (TPSA) is 97.2 Å². The summed E-state index contributed by atoms with van der Waals surface area (Å²) in [7, 11) is 0.376. The van der Waals surface area contributed by atoms with Crippen molar-refractivity contribution >= 4 is 37.5 Å². The molecule has 0 aliphatic heterocycles. The van der Waals surface area contributed by atoms with E-state index in [0.717, 1.165) is 18.2 Å². The predicted octanol–water partition coefficient (Wildman–Crippen LogP) is 2.54. The molecule has 2 heterocycles. The third kappa shape index (κ3) is 4.57. The van der Waals surface area contributed by atoms with Crippen molar-refractivity contribution in [2.45, 2.75) is 6.54 Å². The minimum Gasteiger partial charge on any atom is -0.308 e. The molecule has 0 aliphatic carbocycles. The van der Waals surface area contributed by atoms with Crippen molar-refractivity contribution in [3.05, 3.63) is 65.1 Å². The van der Waals surface area contributed by atoms with Crippen LogP contribution < -0.4 is 10.2 Å². The van der Waals surface area contributed by atoms with Gasteiger partial charge in [0.2, 0.25) is 10.0 Å². The lowest BCUT2D eigenvalue weighted by atomic mass is 10.1. The molecule has 0 amide bonds. The second-order valence-corrected chi connectivity index (χ2v) is 9.49. The number of hydrogen-bond acceptors (Lipinski definition) is 6. The van der Waals surface area contributed by atoms with E-state index in [1.807, 2.05) is 49.5 Å². The highest BCUT2D eigenvalue weighted by Gasteiger charge is 2.16.